The SMILES string of the molecule is CCc1ccc(/C=C2\SC(N3CCN(c4cccc(C(F)(F)F)c4)CC3)=NC2=O)cc1. The fourth-order valence-electron chi connectivity index (χ4n) is 3.57. The number of benzene rings is 2. The van der Waals surface area contributed by atoms with Gasteiger partial charge in [0.2, 0.25) is 0 Å². The summed E-state index contributed by atoms with van der Waals surface area (Å²) in [5, 5.41) is 0.658. The second-order valence-corrected chi connectivity index (χ2v) is 8.44. The largest absolute Gasteiger partial charge is 0.416 e. The quantitative estimate of drug-likeness (QED) is 0.619. The van der Waals surface area contributed by atoms with Gasteiger partial charge in [-0.2, -0.15) is 18.2 Å². The minimum Gasteiger partial charge on any atom is -0.368 e. The Kier molecular flexibility index (Phi) is 6.09. The molecule has 2 aliphatic heterocycles. The smallest absolute Gasteiger partial charge is 0.368 e. The molecular weight excluding hydrogens is 423 g/mol. The average Bonchev–Trinajstić information content (AvgIpc) is 3.14. The van der Waals surface area contributed by atoms with Crippen LogP contribution in [0.4, 0.5) is 18.9 Å². The Morgan fingerprint density at radius 2 is 1.71 bits per heavy atom. The predicted molar refractivity (Wildman–Crippen MR) is 119 cm³/mol. The van der Waals surface area contributed by atoms with Crippen molar-refractivity contribution in [1.29, 1.82) is 0 Å². The van der Waals surface area contributed by atoms with E-state index in [1.54, 1.807) is 6.07 Å². The number of alkyl halides is 3. The Labute approximate surface area is 183 Å². The van der Waals surface area contributed by atoms with Crippen LogP contribution in [-0.4, -0.2) is 42.2 Å². The Balaban J connectivity index is 1.39. The highest BCUT2D eigenvalue weighted by Gasteiger charge is 2.32. The summed E-state index contributed by atoms with van der Waals surface area (Å²) in [6.07, 6.45) is -1.54. The molecule has 0 unspecified atom stereocenters. The number of hydrogen-bond acceptors (Lipinski definition) is 4. The monoisotopic (exact) mass is 445 g/mol. The molecule has 0 saturated carbocycles. The number of amides is 1. The fraction of sp³-hybridized carbons (Fsp3) is 0.304. The Morgan fingerprint density at radius 3 is 2.35 bits per heavy atom. The number of carbonyl (C=O) groups is 1. The number of piperazine rings is 1. The normalized spacial score (nSPS) is 18.6. The van der Waals surface area contributed by atoms with E-state index in [0.29, 0.717) is 41.9 Å². The molecule has 2 aromatic rings. The van der Waals surface area contributed by atoms with Gasteiger partial charge in [0.05, 0.1) is 10.5 Å². The van der Waals surface area contributed by atoms with Crippen LogP contribution >= 0.6 is 11.8 Å². The van der Waals surface area contributed by atoms with Crippen LogP contribution in [0.5, 0.6) is 0 Å². The molecule has 2 aromatic carbocycles. The van der Waals surface area contributed by atoms with E-state index in [0.717, 1.165) is 18.1 Å². The summed E-state index contributed by atoms with van der Waals surface area (Å²) < 4.78 is 39.0. The molecule has 1 fully saturated rings. The summed E-state index contributed by atoms with van der Waals surface area (Å²) in [6, 6.07) is 13.5. The van der Waals surface area contributed by atoms with Crippen LogP contribution in [0.25, 0.3) is 6.08 Å². The average molecular weight is 446 g/mol. The number of hydrogen-bond donors (Lipinski definition) is 0. The number of anilines is 1. The first-order valence-corrected chi connectivity index (χ1v) is 10.9. The van der Waals surface area contributed by atoms with Gasteiger partial charge in [-0.1, -0.05) is 37.3 Å². The Hall–Kier alpha value is -2.74. The molecule has 1 saturated heterocycles. The molecule has 162 valence electrons. The number of halogens is 3. The maximum absolute atomic E-state index is 13.0. The number of carbonyl (C=O) groups excluding carboxylic acids is 1. The maximum atomic E-state index is 13.0. The van der Waals surface area contributed by atoms with Crippen LogP contribution in [0.2, 0.25) is 0 Å². The zero-order valence-electron chi connectivity index (χ0n) is 17.0. The standard InChI is InChI=1S/C23H22F3N3OS/c1-2-16-6-8-17(9-7-16)14-20-21(30)27-22(31-20)29-12-10-28(11-13-29)19-5-3-4-18(15-19)23(24,25)26/h3-9,14-15H,2,10-13H2,1H3/b20-14-. The maximum Gasteiger partial charge on any atom is 0.416 e. The summed E-state index contributed by atoms with van der Waals surface area (Å²) in [7, 11) is 0. The molecule has 31 heavy (non-hydrogen) atoms. The van der Waals surface area contributed by atoms with E-state index in [-0.39, 0.29) is 5.91 Å². The lowest BCUT2D eigenvalue weighted by Crippen LogP contribution is -2.47. The van der Waals surface area contributed by atoms with Crippen LogP contribution < -0.4 is 4.90 Å². The second-order valence-electron chi connectivity index (χ2n) is 7.43. The van der Waals surface area contributed by atoms with Crippen molar-refractivity contribution in [1.82, 2.24) is 4.90 Å². The molecule has 4 rings (SSSR count). The summed E-state index contributed by atoms with van der Waals surface area (Å²) in [4.78, 5) is 21.1. The number of rotatable bonds is 3. The van der Waals surface area contributed by atoms with Gasteiger partial charge in [0.1, 0.15) is 0 Å². The molecule has 4 nitrogen and oxygen atoms in total. The molecule has 1 amide bonds. The first-order chi connectivity index (χ1) is 14.8. The highest BCUT2D eigenvalue weighted by molar-refractivity contribution is 8.18. The molecule has 2 heterocycles. The molecule has 0 aliphatic carbocycles. The molecule has 0 N–H and O–H groups in total. The molecule has 0 radical (unpaired) electrons. The Bertz CT molecular complexity index is 1020. The van der Waals surface area contributed by atoms with Gasteiger partial charge in [-0.15, -0.1) is 0 Å². The van der Waals surface area contributed by atoms with Crippen molar-refractivity contribution < 1.29 is 18.0 Å². The first kappa shape index (κ1) is 21.5. The molecular formula is C23H22F3N3OS. The van der Waals surface area contributed by atoms with E-state index in [4.69, 9.17) is 0 Å². The number of aliphatic imine (C=N–C) groups is 1. The van der Waals surface area contributed by atoms with Crippen molar-refractivity contribution in [3.8, 4) is 0 Å². The van der Waals surface area contributed by atoms with E-state index in [1.807, 2.05) is 40.1 Å². The number of thioether (sulfide) groups is 1. The van der Waals surface area contributed by atoms with Crippen LogP contribution in [0.15, 0.2) is 58.4 Å². The van der Waals surface area contributed by atoms with E-state index < -0.39 is 11.7 Å². The minimum absolute atomic E-state index is 0.250. The highest BCUT2D eigenvalue weighted by atomic mass is 32.2. The van der Waals surface area contributed by atoms with E-state index >= 15 is 0 Å². The lowest BCUT2D eigenvalue weighted by molar-refractivity contribution is -0.137. The third-order valence-corrected chi connectivity index (χ3v) is 6.43. The van der Waals surface area contributed by atoms with Gasteiger partial charge in [0.25, 0.3) is 5.91 Å². The fourth-order valence-corrected chi connectivity index (χ4v) is 4.53. The van der Waals surface area contributed by atoms with E-state index in [2.05, 4.69) is 11.9 Å². The zero-order valence-corrected chi connectivity index (χ0v) is 17.8. The van der Waals surface area contributed by atoms with Crippen molar-refractivity contribution in [2.45, 2.75) is 19.5 Å². The molecule has 0 atom stereocenters. The summed E-state index contributed by atoms with van der Waals surface area (Å²) >= 11 is 1.35. The number of aryl methyl sites for hydroxylation is 1. The van der Waals surface area contributed by atoms with Crippen molar-refractivity contribution in [3.63, 3.8) is 0 Å². The predicted octanol–water partition coefficient (Wildman–Crippen LogP) is 5.06. The van der Waals surface area contributed by atoms with Crippen LogP contribution in [0.3, 0.4) is 0 Å². The van der Waals surface area contributed by atoms with Crippen LogP contribution in [0, 0.1) is 0 Å². The lowest BCUT2D eigenvalue weighted by atomic mass is 10.1. The topological polar surface area (TPSA) is 35.9 Å². The van der Waals surface area contributed by atoms with Gasteiger partial charge in [-0.05, 0) is 53.6 Å². The van der Waals surface area contributed by atoms with Gasteiger partial charge in [0, 0.05) is 31.9 Å². The summed E-state index contributed by atoms with van der Waals surface area (Å²) in [6.45, 7) is 4.40. The van der Waals surface area contributed by atoms with Gasteiger partial charge >= 0.3 is 6.18 Å². The van der Waals surface area contributed by atoms with Crippen LogP contribution in [-0.2, 0) is 17.4 Å². The van der Waals surface area contributed by atoms with E-state index in [9.17, 15) is 18.0 Å². The number of amidine groups is 1. The number of nitrogens with zero attached hydrogens (tertiary/aromatic N) is 3. The molecule has 2 aliphatic rings. The van der Waals surface area contributed by atoms with Gasteiger partial charge in [-0.3, -0.25) is 4.79 Å². The Morgan fingerprint density at radius 1 is 1.03 bits per heavy atom. The third-order valence-electron chi connectivity index (χ3n) is 5.38. The second kappa shape index (κ2) is 8.78. The summed E-state index contributed by atoms with van der Waals surface area (Å²) in [5.41, 5.74) is 2.11. The minimum atomic E-state index is -4.35. The van der Waals surface area contributed by atoms with Gasteiger partial charge in [-0.25, -0.2) is 0 Å². The van der Waals surface area contributed by atoms with Crippen molar-refractivity contribution >= 4 is 34.6 Å². The zero-order chi connectivity index (χ0) is 22.0. The lowest BCUT2D eigenvalue weighted by Gasteiger charge is -2.36. The molecule has 0 spiro atoms. The highest BCUT2D eigenvalue weighted by Crippen LogP contribution is 2.33. The molecule has 0 bridgehead atoms. The summed E-state index contributed by atoms with van der Waals surface area (Å²) in [5.74, 6) is -0.250. The van der Waals surface area contributed by atoms with Crippen molar-refractivity contribution in [2.75, 3.05) is 31.1 Å². The first-order valence-electron chi connectivity index (χ1n) is 10.1. The van der Waals surface area contributed by atoms with Crippen molar-refractivity contribution in [3.05, 3.63) is 70.1 Å². The molecule has 8 heteroatoms. The molecule has 0 aromatic heterocycles. The van der Waals surface area contributed by atoms with E-state index in [1.165, 1.54) is 29.5 Å². The van der Waals surface area contributed by atoms with Crippen LogP contribution in [0.1, 0.15) is 23.6 Å². The van der Waals surface area contributed by atoms with Gasteiger partial charge < -0.3 is 9.80 Å². The van der Waals surface area contributed by atoms with Gasteiger partial charge in [0.15, 0.2) is 5.17 Å². The van der Waals surface area contributed by atoms with Crippen molar-refractivity contribution in [2.24, 2.45) is 4.99 Å². The third kappa shape index (κ3) is 4.95.